The molecule has 2 fully saturated rings. The first-order valence-corrected chi connectivity index (χ1v) is 7.68. The maximum atomic E-state index is 12.4. The standard InChI is InChI=1S/C15H25NO4/c1-19-15(18)11-12-5-2-3-9-16(12)14(17)8-7-13-6-4-10-20-13/h12-13H,2-11H2,1H3. The lowest BCUT2D eigenvalue weighted by atomic mass is 9.98. The number of hydrogen-bond acceptors (Lipinski definition) is 4. The average molecular weight is 283 g/mol. The number of nitrogens with zero attached hydrogens (tertiary/aromatic N) is 1. The SMILES string of the molecule is COC(=O)CC1CCCCN1C(=O)CCC1CCCO1. The average Bonchev–Trinajstić information content (AvgIpc) is 2.98. The predicted octanol–water partition coefficient (Wildman–Crippen LogP) is 1.89. The molecule has 0 bridgehead atoms. The first-order chi connectivity index (χ1) is 9.70. The fourth-order valence-corrected chi connectivity index (χ4v) is 3.12. The van der Waals surface area contributed by atoms with Crippen LogP contribution in [0.3, 0.4) is 0 Å². The summed E-state index contributed by atoms with van der Waals surface area (Å²) in [7, 11) is 1.40. The molecule has 2 unspecified atom stereocenters. The quantitative estimate of drug-likeness (QED) is 0.723. The van der Waals surface area contributed by atoms with Crippen LogP contribution < -0.4 is 0 Å². The molecule has 0 N–H and O–H groups in total. The van der Waals surface area contributed by atoms with E-state index in [2.05, 4.69) is 0 Å². The first kappa shape index (κ1) is 15.3. The van der Waals surface area contributed by atoms with E-state index in [9.17, 15) is 9.59 Å². The Hall–Kier alpha value is -1.10. The third-order valence-electron chi connectivity index (χ3n) is 4.28. The van der Waals surface area contributed by atoms with Crippen LogP contribution in [0, 0.1) is 0 Å². The zero-order chi connectivity index (χ0) is 14.4. The Kier molecular flexibility index (Phi) is 5.83. The maximum absolute atomic E-state index is 12.4. The van der Waals surface area contributed by atoms with Crippen LogP contribution in [-0.2, 0) is 19.1 Å². The van der Waals surface area contributed by atoms with Gasteiger partial charge in [0, 0.05) is 25.6 Å². The summed E-state index contributed by atoms with van der Waals surface area (Å²) >= 11 is 0. The fourth-order valence-electron chi connectivity index (χ4n) is 3.12. The van der Waals surface area contributed by atoms with Gasteiger partial charge in [0.05, 0.1) is 19.6 Å². The van der Waals surface area contributed by atoms with E-state index in [0.717, 1.165) is 51.7 Å². The monoisotopic (exact) mass is 283 g/mol. The summed E-state index contributed by atoms with van der Waals surface area (Å²) in [6.45, 7) is 1.60. The molecule has 2 heterocycles. The minimum atomic E-state index is -0.228. The van der Waals surface area contributed by atoms with Crippen molar-refractivity contribution in [2.75, 3.05) is 20.3 Å². The molecule has 2 atom stereocenters. The van der Waals surface area contributed by atoms with Crippen molar-refractivity contribution in [3.8, 4) is 0 Å². The van der Waals surface area contributed by atoms with E-state index in [1.807, 2.05) is 4.90 Å². The van der Waals surface area contributed by atoms with E-state index < -0.39 is 0 Å². The second-order valence-electron chi connectivity index (χ2n) is 5.69. The molecule has 20 heavy (non-hydrogen) atoms. The Balaban J connectivity index is 1.82. The molecule has 5 nitrogen and oxygen atoms in total. The Morgan fingerprint density at radius 2 is 2.10 bits per heavy atom. The van der Waals surface area contributed by atoms with Crippen molar-refractivity contribution in [1.29, 1.82) is 0 Å². The molecule has 2 aliphatic heterocycles. The summed E-state index contributed by atoms with van der Waals surface area (Å²) in [5.74, 6) is -0.0667. The van der Waals surface area contributed by atoms with Crippen molar-refractivity contribution in [2.45, 2.75) is 63.5 Å². The molecule has 5 heteroatoms. The van der Waals surface area contributed by atoms with Gasteiger partial charge in [0.2, 0.25) is 5.91 Å². The lowest BCUT2D eigenvalue weighted by Gasteiger charge is -2.35. The third kappa shape index (κ3) is 4.20. The molecule has 1 amide bonds. The highest BCUT2D eigenvalue weighted by Gasteiger charge is 2.29. The molecule has 0 radical (unpaired) electrons. The van der Waals surface area contributed by atoms with Gasteiger partial charge in [-0.2, -0.15) is 0 Å². The Morgan fingerprint density at radius 3 is 2.80 bits per heavy atom. The lowest BCUT2D eigenvalue weighted by Crippen LogP contribution is -2.45. The van der Waals surface area contributed by atoms with Gasteiger partial charge in [-0.25, -0.2) is 0 Å². The zero-order valence-corrected chi connectivity index (χ0v) is 12.3. The van der Waals surface area contributed by atoms with Crippen LogP contribution in [0.25, 0.3) is 0 Å². The Morgan fingerprint density at radius 1 is 1.25 bits per heavy atom. The van der Waals surface area contributed by atoms with Crippen molar-refractivity contribution >= 4 is 11.9 Å². The summed E-state index contributed by atoms with van der Waals surface area (Å²) < 4.78 is 10.3. The third-order valence-corrected chi connectivity index (χ3v) is 4.28. The van der Waals surface area contributed by atoms with Gasteiger partial charge in [0.15, 0.2) is 0 Å². The minimum Gasteiger partial charge on any atom is -0.469 e. The minimum absolute atomic E-state index is 0.0215. The number of hydrogen-bond donors (Lipinski definition) is 0. The molecule has 0 aromatic rings. The summed E-state index contributed by atoms with van der Waals surface area (Å²) in [6.07, 6.45) is 7.10. The van der Waals surface area contributed by atoms with Crippen LogP contribution in [0.15, 0.2) is 0 Å². The highest BCUT2D eigenvalue weighted by atomic mass is 16.5. The van der Waals surface area contributed by atoms with Gasteiger partial charge in [-0.15, -0.1) is 0 Å². The number of rotatable bonds is 5. The molecule has 0 aliphatic carbocycles. The van der Waals surface area contributed by atoms with Crippen molar-refractivity contribution in [1.82, 2.24) is 4.90 Å². The lowest BCUT2D eigenvalue weighted by molar-refractivity contribution is -0.144. The van der Waals surface area contributed by atoms with Gasteiger partial charge in [0.25, 0.3) is 0 Å². The van der Waals surface area contributed by atoms with Crippen molar-refractivity contribution in [3.63, 3.8) is 0 Å². The highest BCUT2D eigenvalue weighted by molar-refractivity contribution is 5.78. The molecular weight excluding hydrogens is 258 g/mol. The van der Waals surface area contributed by atoms with Gasteiger partial charge in [-0.05, 0) is 38.5 Å². The van der Waals surface area contributed by atoms with E-state index in [-0.39, 0.29) is 24.0 Å². The topological polar surface area (TPSA) is 55.8 Å². The zero-order valence-electron chi connectivity index (χ0n) is 12.3. The van der Waals surface area contributed by atoms with Gasteiger partial charge in [-0.1, -0.05) is 0 Å². The number of carbonyl (C=O) groups is 2. The van der Waals surface area contributed by atoms with Crippen LogP contribution in [0.5, 0.6) is 0 Å². The Bertz CT molecular complexity index is 339. The molecule has 0 saturated carbocycles. The predicted molar refractivity (Wildman–Crippen MR) is 74.2 cm³/mol. The number of ether oxygens (including phenoxy) is 2. The van der Waals surface area contributed by atoms with Crippen LogP contribution in [0.1, 0.15) is 51.4 Å². The molecule has 2 saturated heterocycles. The molecule has 2 aliphatic rings. The number of piperidine rings is 1. The smallest absolute Gasteiger partial charge is 0.307 e. The number of likely N-dealkylation sites (tertiary alicyclic amines) is 1. The van der Waals surface area contributed by atoms with Crippen molar-refractivity contribution in [2.24, 2.45) is 0 Å². The fraction of sp³-hybridized carbons (Fsp3) is 0.867. The number of methoxy groups -OCH3 is 1. The van der Waals surface area contributed by atoms with Gasteiger partial charge in [0.1, 0.15) is 0 Å². The summed E-state index contributed by atoms with van der Waals surface area (Å²) in [6, 6.07) is 0.0215. The molecule has 0 aromatic heterocycles. The summed E-state index contributed by atoms with van der Waals surface area (Å²) in [4.78, 5) is 25.7. The van der Waals surface area contributed by atoms with E-state index in [1.165, 1.54) is 7.11 Å². The highest BCUT2D eigenvalue weighted by Crippen LogP contribution is 2.23. The molecule has 0 spiro atoms. The number of amides is 1. The first-order valence-electron chi connectivity index (χ1n) is 7.68. The normalized spacial score (nSPS) is 26.6. The summed E-state index contributed by atoms with van der Waals surface area (Å²) in [5.41, 5.74) is 0. The molecular formula is C15H25NO4. The second kappa shape index (κ2) is 7.62. The molecule has 0 aromatic carbocycles. The number of carbonyl (C=O) groups excluding carboxylic acids is 2. The van der Waals surface area contributed by atoms with Crippen LogP contribution >= 0.6 is 0 Å². The summed E-state index contributed by atoms with van der Waals surface area (Å²) in [5, 5.41) is 0. The number of esters is 1. The van der Waals surface area contributed by atoms with E-state index in [4.69, 9.17) is 9.47 Å². The van der Waals surface area contributed by atoms with Crippen LogP contribution in [0.2, 0.25) is 0 Å². The van der Waals surface area contributed by atoms with Crippen LogP contribution in [0.4, 0.5) is 0 Å². The van der Waals surface area contributed by atoms with Crippen molar-refractivity contribution < 1.29 is 19.1 Å². The largest absolute Gasteiger partial charge is 0.469 e. The van der Waals surface area contributed by atoms with E-state index >= 15 is 0 Å². The maximum Gasteiger partial charge on any atom is 0.307 e. The Labute approximate surface area is 120 Å². The van der Waals surface area contributed by atoms with Crippen molar-refractivity contribution in [3.05, 3.63) is 0 Å². The second-order valence-corrected chi connectivity index (χ2v) is 5.69. The van der Waals surface area contributed by atoms with E-state index in [0.29, 0.717) is 12.8 Å². The van der Waals surface area contributed by atoms with Gasteiger partial charge < -0.3 is 14.4 Å². The van der Waals surface area contributed by atoms with Gasteiger partial charge >= 0.3 is 5.97 Å². The van der Waals surface area contributed by atoms with Crippen LogP contribution in [-0.4, -0.2) is 49.2 Å². The molecule has 2 rings (SSSR count). The molecule has 114 valence electrons. The van der Waals surface area contributed by atoms with Gasteiger partial charge in [-0.3, -0.25) is 9.59 Å². The van der Waals surface area contributed by atoms with E-state index in [1.54, 1.807) is 0 Å².